The van der Waals surface area contributed by atoms with E-state index < -0.39 is 0 Å². The zero-order valence-corrected chi connectivity index (χ0v) is 27.6. The Labute approximate surface area is 253 Å². The summed E-state index contributed by atoms with van der Waals surface area (Å²) in [6, 6.07) is 0. The SMILES string of the molecule is CC(C)=CCC/C(C)=C/C=C/C(C)=C/C=C/C(C)=C/C=C/C=C(C)/C=C/C=C(C)/C=C/C=C(\C)CCC(O)=C(C)C. The minimum Gasteiger partial charge on any atom is -0.512 e. The van der Waals surface area contributed by atoms with Crippen LogP contribution in [0, 0.1) is 0 Å². The first-order valence-corrected chi connectivity index (χ1v) is 14.8. The van der Waals surface area contributed by atoms with Gasteiger partial charge in [0.2, 0.25) is 0 Å². The Morgan fingerprint density at radius 3 is 1.20 bits per heavy atom. The van der Waals surface area contributed by atoms with Crippen molar-refractivity contribution in [3.05, 3.63) is 154 Å². The first-order valence-electron chi connectivity index (χ1n) is 14.8. The summed E-state index contributed by atoms with van der Waals surface area (Å²) in [4.78, 5) is 0. The molecule has 222 valence electrons. The number of aliphatic hydroxyl groups is 1. The van der Waals surface area contributed by atoms with Gasteiger partial charge in [-0.3, -0.25) is 0 Å². The highest BCUT2D eigenvalue weighted by molar-refractivity contribution is 5.32. The van der Waals surface area contributed by atoms with Gasteiger partial charge in [-0.15, -0.1) is 0 Å². The highest BCUT2D eigenvalue weighted by Crippen LogP contribution is 2.13. The van der Waals surface area contributed by atoms with E-state index in [0.717, 1.165) is 24.8 Å². The van der Waals surface area contributed by atoms with Crippen molar-refractivity contribution in [2.75, 3.05) is 0 Å². The van der Waals surface area contributed by atoms with Gasteiger partial charge in [0.25, 0.3) is 0 Å². The van der Waals surface area contributed by atoms with Crippen LogP contribution in [0.15, 0.2) is 154 Å². The maximum absolute atomic E-state index is 9.83. The summed E-state index contributed by atoms with van der Waals surface area (Å²) in [7, 11) is 0. The van der Waals surface area contributed by atoms with Gasteiger partial charge in [0.1, 0.15) is 0 Å². The monoisotopic (exact) mass is 552 g/mol. The maximum Gasteiger partial charge on any atom is 0.0912 e. The summed E-state index contributed by atoms with van der Waals surface area (Å²) in [6.45, 7) is 20.9. The molecule has 0 fully saturated rings. The van der Waals surface area contributed by atoms with Crippen molar-refractivity contribution < 1.29 is 5.11 Å². The molecule has 0 aromatic rings. The summed E-state index contributed by atoms with van der Waals surface area (Å²) in [5.74, 6) is 0.496. The largest absolute Gasteiger partial charge is 0.512 e. The fourth-order valence-corrected chi connectivity index (χ4v) is 3.39. The summed E-state index contributed by atoms with van der Waals surface area (Å²) < 4.78 is 0. The molecule has 0 amide bonds. The molecule has 0 aliphatic heterocycles. The molecule has 1 nitrogen and oxygen atoms in total. The van der Waals surface area contributed by atoms with Gasteiger partial charge in [0.05, 0.1) is 5.76 Å². The molecule has 0 radical (unpaired) electrons. The summed E-state index contributed by atoms with van der Waals surface area (Å²) >= 11 is 0. The molecule has 0 heterocycles. The van der Waals surface area contributed by atoms with Crippen molar-refractivity contribution in [2.24, 2.45) is 0 Å². The fraction of sp³-hybridized carbons (Fsp3) is 0.350. The van der Waals surface area contributed by atoms with E-state index in [1.807, 2.05) is 13.8 Å². The molecule has 1 N–H and O–H groups in total. The molecule has 0 aliphatic rings. The molecule has 0 bridgehead atoms. The van der Waals surface area contributed by atoms with Crippen LogP contribution in [-0.2, 0) is 0 Å². The van der Waals surface area contributed by atoms with Crippen molar-refractivity contribution in [1.29, 1.82) is 0 Å². The van der Waals surface area contributed by atoms with Gasteiger partial charge in [-0.05, 0) is 94.1 Å². The zero-order valence-electron chi connectivity index (χ0n) is 27.6. The van der Waals surface area contributed by atoms with Gasteiger partial charge in [-0.1, -0.05) is 142 Å². The van der Waals surface area contributed by atoms with Crippen LogP contribution in [0.25, 0.3) is 0 Å². The maximum atomic E-state index is 9.83. The molecule has 1 heteroatoms. The Kier molecular flexibility index (Phi) is 21.1. The van der Waals surface area contributed by atoms with E-state index in [1.165, 1.54) is 39.0 Å². The van der Waals surface area contributed by atoms with Crippen LogP contribution in [0.4, 0.5) is 0 Å². The molecule has 0 rings (SSSR count). The molecular weight excluding hydrogens is 496 g/mol. The molecule has 41 heavy (non-hydrogen) atoms. The van der Waals surface area contributed by atoms with Crippen LogP contribution in [0.3, 0.4) is 0 Å². The topological polar surface area (TPSA) is 20.2 Å². The summed E-state index contributed by atoms with van der Waals surface area (Å²) in [6.07, 6.45) is 39.9. The average Bonchev–Trinajstić information content (AvgIpc) is 2.89. The van der Waals surface area contributed by atoms with Crippen molar-refractivity contribution in [2.45, 2.75) is 94.9 Å². The lowest BCUT2D eigenvalue weighted by molar-refractivity contribution is 0.381. The second-order valence-corrected chi connectivity index (χ2v) is 11.3. The van der Waals surface area contributed by atoms with E-state index >= 15 is 0 Å². The number of hydrogen-bond acceptors (Lipinski definition) is 1. The Bertz CT molecular complexity index is 1190. The number of hydrogen-bond donors (Lipinski definition) is 1. The molecule has 0 saturated heterocycles. The Morgan fingerprint density at radius 1 is 0.439 bits per heavy atom. The number of allylic oxidation sites excluding steroid dienone is 26. The number of aliphatic hydroxyl groups excluding tert-OH is 1. The average molecular weight is 553 g/mol. The van der Waals surface area contributed by atoms with Gasteiger partial charge in [-0.2, -0.15) is 0 Å². The van der Waals surface area contributed by atoms with Crippen molar-refractivity contribution in [3.8, 4) is 0 Å². The Hall–Kier alpha value is -3.58. The van der Waals surface area contributed by atoms with Crippen LogP contribution in [0.2, 0.25) is 0 Å². The Morgan fingerprint density at radius 2 is 0.805 bits per heavy atom. The third-order valence-corrected chi connectivity index (χ3v) is 6.17. The minimum absolute atomic E-state index is 0.496. The molecule has 0 saturated carbocycles. The van der Waals surface area contributed by atoms with E-state index in [-0.39, 0.29) is 0 Å². The van der Waals surface area contributed by atoms with E-state index in [1.54, 1.807) is 0 Å². The first kappa shape index (κ1) is 37.4. The third-order valence-electron chi connectivity index (χ3n) is 6.17. The fourth-order valence-electron chi connectivity index (χ4n) is 3.39. The molecule has 0 aromatic heterocycles. The van der Waals surface area contributed by atoms with Gasteiger partial charge in [0, 0.05) is 6.42 Å². The van der Waals surface area contributed by atoms with Crippen LogP contribution in [0.5, 0.6) is 0 Å². The molecule has 0 atom stereocenters. The summed E-state index contributed by atoms with van der Waals surface area (Å²) in [5, 5.41) is 9.83. The minimum atomic E-state index is 0.496. The van der Waals surface area contributed by atoms with Crippen LogP contribution < -0.4 is 0 Å². The quantitative estimate of drug-likeness (QED) is 0.115. The molecule has 0 aromatic carbocycles. The highest BCUT2D eigenvalue weighted by atomic mass is 16.3. The second kappa shape index (κ2) is 23.2. The molecule has 0 unspecified atom stereocenters. The van der Waals surface area contributed by atoms with E-state index in [2.05, 4.69) is 159 Å². The molecule has 0 aliphatic carbocycles. The van der Waals surface area contributed by atoms with Crippen molar-refractivity contribution >= 4 is 0 Å². The second-order valence-electron chi connectivity index (χ2n) is 11.3. The standard InChI is InChI=1S/C40H56O/c1-32(2)18-13-21-36(7)24-16-27-37(8)25-14-22-34(5)19-11-12-20-35(6)23-15-26-38(9)28-17-29-39(10)30-31-40(41)33(3)4/h11-12,14-20,22-29,41H,13,21,30-31H2,1-10H3/b12-11+,22-14+,23-15+,27-16+,28-17+,34-19+,35-20+,36-24+,37-25+,38-26+,39-29+. The Balaban J connectivity index is 4.73. The lowest BCUT2D eigenvalue weighted by Crippen LogP contribution is -1.86. The van der Waals surface area contributed by atoms with Crippen LogP contribution in [0.1, 0.15) is 94.9 Å². The van der Waals surface area contributed by atoms with Crippen LogP contribution in [-0.4, -0.2) is 5.11 Å². The lowest BCUT2D eigenvalue weighted by Gasteiger charge is -2.02. The molecule has 0 spiro atoms. The summed E-state index contributed by atoms with van der Waals surface area (Å²) in [5.41, 5.74) is 9.84. The van der Waals surface area contributed by atoms with Gasteiger partial charge in [-0.25, -0.2) is 0 Å². The smallest absolute Gasteiger partial charge is 0.0912 e. The predicted octanol–water partition coefficient (Wildman–Crippen LogP) is 12.8. The van der Waals surface area contributed by atoms with E-state index in [4.69, 9.17) is 0 Å². The normalized spacial score (nSPS) is 15.0. The van der Waals surface area contributed by atoms with Gasteiger partial charge < -0.3 is 5.11 Å². The predicted molar refractivity (Wildman–Crippen MR) is 187 cm³/mol. The molecular formula is C40H56O. The highest BCUT2D eigenvalue weighted by Gasteiger charge is 1.96. The van der Waals surface area contributed by atoms with Gasteiger partial charge in [0.15, 0.2) is 0 Å². The zero-order chi connectivity index (χ0) is 31.0. The first-order chi connectivity index (χ1) is 19.4. The van der Waals surface area contributed by atoms with Gasteiger partial charge >= 0.3 is 0 Å². The van der Waals surface area contributed by atoms with Crippen molar-refractivity contribution in [3.63, 3.8) is 0 Å². The van der Waals surface area contributed by atoms with Crippen LogP contribution >= 0.6 is 0 Å². The van der Waals surface area contributed by atoms with E-state index in [0.29, 0.717) is 12.2 Å². The van der Waals surface area contributed by atoms with Crippen molar-refractivity contribution in [1.82, 2.24) is 0 Å². The number of rotatable bonds is 16. The lowest BCUT2D eigenvalue weighted by atomic mass is 10.1. The third kappa shape index (κ3) is 24.0. The van der Waals surface area contributed by atoms with E-state index in [9.17, 15) is 5.11 Å².